The van der Waals surface area contributed by atoms with Crippen molar-refractivity contribution in [1.82, 2.24) is 0 Å². The van der Waals surface area contributed by atoms with Crippen molar-refractivity contribution in [2.24, 2.45) is 47.3 Å². The van der Waals surface area contributed by atoms with Crippen molar-refractivity contribution in [3.05, 3.63) is 24.3 Å². The van der Waals surface area contributed by atoms with Crippen LogP contribution in [0.15, 0.2) is 24.3 Å². The molecular formula is C46H82O. The quantitative estimate of drug-likeness (QED) is 0.0837. The molecule has 0 aliphatic heterocycles. The van der Waals surface area contributed by atoms with Gasteiger partial charge in [-0.3, -0.25) is 0 Å². The molecule has 0 aromatic rings. The van der Waals surface area contributed by atoms with Crippen LogP contribution in [0.4, 0.5) is 0 Å². The number of rotatable bonds is 22. The van der Waals surface area contributed by atoms with Crippen LogP contribution in [0.5, 0.6) is 0 Å². The minimum absolute atomic E-state index is 0.785. The van der Waals surface area contributed by atoms with Crippen LogP contribution < -0.4 is 0 Å². The normalized spacial score (nSPS) is 32.4. The SMILES string of the molecule is CCCCCCCC1CCC(C2CCC(CC=CCOCC=CCC3CCC(C4CCC(CCCCCCC)CC4)CC3)CC2)CC1. The van der Waals surface area contributed by atoms with Crippen LogP contribution in [0.3, 0.4) is 0 Å². The molecule has 0 saturated heterocycles. The zero-order chi connectivity index (χ0) is 32.8. The van der Waals surface area contributed by atoms with Crippen molar-refractivity contribution >= 4 is 0 Å². The summed E-state index contributed by atoms with van der Waals surface area (Å²) in [6.45, 7) is 6.22. The Kier molecular flexibility index (Phi) is 20.5. The van der Waals surface area contributed by atoms with Crippen LogP contribution >= 0.6 is 0 Å². The maximum atomic E-state index is 5.93. The van der Waals surface area contributed by atoms with E-state index in [4.69, 9.17) is 4.74 Å². The third-order valence-electron chi connectivity index (χ3n) is 14.0. The first-order valence-corrected chi connectivity index (χ1v) is 22.1. The Balaban J connectivity index is 0.936. The van der Waals surface area contributed by atoms with E-state index in [1.54, 1.807) is 25.7 Å². The van der Waals surface area contributed by atoms with Crippen LogP contribution in [0, 0.1) is 47.3 Å². The van der Waals surface area contributed by atoms with Crippen molar-refractivity contribution in [3.8, 4) is 0 Å². The molecule has 272 valence electrons. The summed E-state index contributed by atoms with van der Waals surface area (Å²) in [7, 11) is 0. The summed E-state index contributed by atoms with van der Waals surface area (Å²) in [5, 5.41) is 0. The Morgan fingerprint density at radius 1 is 0.362 bits per heavy atom. The second kappa shape index (κ2) is 24.6. The lowest BCUT2D eigenvalue weighted by atomic mass is 9.68. The van der Waals surface area contributed by atoms with E-state index in [2.05, 4.69) is 38.2 Å². The van der Waals surface area contributed by atoms with Gasteiger partial charge in [0.1, 0.15) is 0 Å². The van der Waals surface area contributed by atoms with Crippen molar-refractivity contribution < 1.29 is 4.74 Å². The third kappa shape index (κ3) is 15.9. The molecule has 0 amide bonds. The molecule has 0 radical (unpaired) electrons. The van der Waals surface area contributed by atoms with Crippen molar-refractivity contribution in [3.63, 3.8) is 0 Å². The Morgan fingerprint density at radius 3 is 1.02 bits per heavy atom. The highest BCUT2D eigenvalue weighted by Gasteiger charge is 2.31. The van der Waals surface area contributed by atoms with Gasteiger partial charge < -0.3 is 4.74 Å². The van der Waals surface area contributed by atoms with Gasteiger partial charge in [0, 0.05) is 0 Å². The molecule has 0 spiro atoms. The highest BCUT2D eigenvalue weighted by Crippen LogP contribution is 2.44. The summed E-state index contributed by atoms with van der Waals surface area (Å²) in [4.78, 5) is 0. The molecule has 0 bridgehead atoms. The molecule has 4 fully saturated rings. The predicted molar refractivity (Wildman–Crippen MR) is 207 cm³/mol. The average molecular weight is 651 g/mol. The number of ether oxygens (including phenoxy) is 1. The van der Waals surface area contributed by atoms with E-state index in [1.165, 1.54) is 167 Å². The van der Waals surface area contributed by atoms with Crippen molar-refractivity contribution in [2.75, 3.05) is 13.2 Å². The van der Waals surface area contributed by atoms with Gasteiger partial charge in [0.2, 0.25) is 0 Å². The lowest BCUT2D eigenvalue weighted by molar-refractivity contribution is 0.143. The van der Waals surface area contributed by atoms with Crippen LogP contribution in [0.25, 0.3) is 0 Å². The molecule has 0 N–H and O–H groups in total. The Hall–Kier alpha value is -0.560. The van der Waals surface area contributed by atoms with E-state index in [-0.39, 0.29) is 0 Å². The highest BCUT2D eigenvalue weighted by molar-refractivity contribution is 4.90. The number of unbranched alkanes of at least 4 members (excludes halogenated alkanes) is 8. The molecule has 4 aliphatic carbocycles. The summed E-state index contributed by atoms with van der Waals surface area (Å²) >= 11 is 0. The van der Waals surface area contributed by atoms with Gasteiger partial charge in [-0.2, -0.15) is 0 Å². The molecule has 47 heavy (non-hydrogen) atoms. The Bertz CT molecular complexity index is 714. The van der Waals surface area contributed by atoms with Gasteiger partial charge in [-0.25, -0.2) is 0 Å². The van der Waals surface area contributed by atoms with Gasteiger partial charge in [-0.15, -0.1) is 0 Å². The predicted octanol–water partition coefficient (Wildman–Crippen LogP) is 14.8. The number of hydrogen-bond acceptors (Lipinski definition) is 1. The molecule has 4 aliphatic rings. The zero-order valence-electron chi connectivity index (χ0n) is 32.0. The van der Waals surface area contributed by atoms with Crippen molar-refractivity contribution in [1.29, 1.82) is 0 Å². The molecular weight excluding hydrogens is 569 g/mol. The molecule has 0 atom stereocenters. The van der Waals surface area contributed by atoms with Gasteiger partial charge in [0.25, 0.3) is 0 Å². The van der Waals surface area contributed by atoms with E-state index < -0.39 is 0 Å². The van der Waals surface area contributed by atoms with E-state index >= 15 is 0 Å². The zero-order valence-corrected chi connectivity index (χ0v) is 32.0. The summed E-state index contributed by atoms with van der Waals surface area (Å²) < 4.78 is 5.93. The number of hydrogen-bond donors (Lipinski definition) is 0. The summed E-state index contributed by atoms with van der Waals surface area (Å²) in [6, 6.07) is 0. The maximum Gasteiger partial charge on any atom is 0.0651 e. The minimum atomic E-state index is 0.785. The second-order valence-corrected chi connectivity index (χ2v) is 17.5. The summed E-state index contributed by atoms with van der Waals surface area (Å²) in [6.07, 6.45) is 53.8. The van der Waals surface area contributed by atoms with E-state index in [0.717, 1.165) is 60.6 Å². The molecule has 4 rings (SSSR count). The largest absolute Gasteiger partial charge is 0.373 e. The Morgan fingerprint density at radius 2 is 0.681 bits per heavy atom. The lowest BCUT2D eigenvalue weighted by Gasteiger charge is -2.38. The third-order valence-corrected chi connectivity index (χ3v) is 14.0. The second-order valence-electron chi connectivity index (χ2n) is 17.5. The topological polar surface area (TPSA) is 9.23 Å². The summed E-state index contributed by atoms with van der Waals surface area (Å²) in [5.74, 6) is 8.19. The molecule has 1 heteroatoms. The minimum Gasteiger partial charge on any atom is -0.373 e. The van der Waals surface area contributed by atoms with Gasteiger partial charge >= 0.3 is 0 Å². The first-order chi connectivity index (χ1) is 23.2. The fourth-order valence-corrected chi connectivity index (χ4v) is 10.7. The van der Waals surface area contributed by atoms with Gasteiger partial charge in [-0.05, 0) is 137 Å². The molecule has 4 saturated carbocycles. The van der Waals surface area contributed by atoms with Gasteiger partial charge in [0.05, 0.1) is 13.2 Å². The van der Waals surface area contributed by atoms with Crippen LogP contribution in [-0.2, 0) is 4.74 Å². The maximum absolute atomic E-state index is 5.93. The van der Waals surface area contributed by atoms with Crippen molar-refractivity contribution in [2.45, 2.75) is 206 Å². The van der Waals surface area contributed by atoms with E-state index in [9.17, 15) is 0 Å². The lowest BCUT2D eigenvalue weighted by Crippen LogP contribution is -2.25. The smallest absolute Gasteiger partial charge is 0.0651 e. The van der Waals surface area contributed by atoms with Gasteiger partial charge in [0.15, 0.2) is 0 Å². The van der Waals surface area contributed by atoms with Crippen LogP contribution in [0.2, 0.25) is 0 Å². The number of allylic oxidation sites excluding steroid dienone is 2. The molecule has 0 aromatic heterocycles. The molecule has 0 heterocycles. The summed E-state index contributed by atoms with van der Waals surface area (Å²) in [5.41, 5.74) is 0. The van der Waals surface area contributed by atoms with E-state index in [1.807, 2.05) is 0 Å². The first kappa shape index (κ1) is 39.2. The molecule has 0 aromatic carbocycles. The fraction of sp³-hybridized carbons (Fsp3) is 0.913. The fourth-order valence-electron chi connectivity index (χ4n) is 10.7. The molecule has 1 nitrogen and oxygen atoms in total. The molecule has 0 unspecified atom stereocenters. The standard InChI is InChI=1S/C46H82O/c1-3-5-7-9-11-17-39-21-29-43(30-22-39)45-33-25-41(26-34-45)19-13-15-37-47-38-16-14-20-42-27-35-46(36-28-42)44-31-23-40(24-32-44)18-12-10-8-6-4-2/h13-16,39-46H,3-12,17-38H2,1-2H3. The van der Waals surface area contributed by atoms with E-state index in [0.29, 0.717) is 0 Å². The van der Waals surface area contributed by atoms with Crippen LogP contribution in [-0.4, -0.2) is 13.2 Å². The Labute approximate surface area is 295 Å². The highest BCUT2D eigenvalue weighted by atomic mass is 16.5. The van der Waals surface area contributed by atoms with Gasteiger partial charge in [-0.1, -0.05) is 141 Å². The first-order valence-electron chi connectivity index (χ1n) is 22.1. The van der Waals surface area contributed by atoms with Crippen LogP contribution in [0.1, 0.15) is 206 Å². The average Bonchev–Trinajstić information content (AvgIpc) is 3.12. The monoisotopic (exact) mass is 651 g/mol.